The quantitative estimate of drug-likeness (QED) is 0.635. The zero-order valence-electron chi connectivity index (χ0n) is 10.0. The third kappa shape index (κ3) is 4.84. The number of carboxylic acid groups (broad SMARTS) is 1. The Kier molecular flexibility index (Phi) is 5.44. The zero-order chi connectivity index (χ0) is 15.3. The van der Waals surface area contributed by atoms with E-state index in [1.807, 2.05) is 5.32 Å². The van der Waals surface area contributed by atoms with Crippen molar-refractivity contribution in [3.05, 3.63) is 28.5 Å². The Morgan fingerprint density at radius 2 is 2.05 bits per heavy atom. The number of hydrogen-bond acceptors (Lipinski definition) is 3. The maximum Gasteiger partial charge on any atom is 0.326 e. The second-order valence-corrected chi connectivity index (χ2v) is 4.64. The summed E-state index contributed by atoms with van der Waals surface area (Å²) in [4.78, 5) is 33.1. The summed E-state index contributed by atoms with van der Waals surface area (Å²) in [6.07, 6.45) is -0.549. The van der Waals surface area contributed by atoms with E-state index in [4.69, 9.17) is 10.8 Å². The van der Waals surface area contributed by atoms with Crippen LogP contribution in [0.2, 0.25) is 0 Å². The number of urea groups is 1. The number of hydrogen-bond donors (Lipinski definition) is 4. The van der Waals surface area contributed by atoms with Crippen LogP contribution in [0.4, 0.5) is 14.9 Å². The summed E-state index contributed by atoms with van der Waals surface area (Å²) in [5, 5.41) is 13.1. The summed E-state index contributed by atoms with van der Waals surface area (Å²) in [5.41, 5.74) is 4.99. The van der Waals surface area contributed by atoms with Crippen molar-refractivity contribution >= 4 is 39.5 Å². The minimum atomic E-state index is -1.46. The molecule has 0 radical (unpaired) electrons. The predicted octanol–water partition coefficient (Wildman–Crippen LogP) is 1.04. The van der Waals surface area contributed by atoms with Gasteiger partial charge in [-0.1, -0.05) is 0 Å². The van der Waals surface area contributed by atoms with Gasteiger partial charge in [0.2, 0.25) is 5.91 Å². The molecule has 0 aromatic heterocycles. The molecule has 0 heterocycles. The lowest BCUT2D eigenvalue weighted by atomic mass is 10.2. The highest BCUT2D eigenvalue weighted by atomic mass is 79.9. The van der Waals surface area contributed by atoms with Gasteiger partial charge in [0.15, 0.2) is 0 Å². The molecule has 5 N–H and O–H groups in total. The number of nitrogens with one attached hydrogen (secondary N) is 2. The molecule has 7 nitrogen and oxygen atoms in total. The lowest BCUT2D eigenvalue weighted by molar-refractivity contribution is -0.140. The topological polar surface area (TPSA) is 122 Å². The molecule has 0 spiro atoms. The molecule has 1 atom stereocenters. The third-order valence-electron chi connectivity index (χ3n) is 2.19. The molecule has 0 fully saturated rings. The number of carboxylic acids is 1. The lowest BCUT2D eigenvalue weighted by Gasteiger charge is -2.14. The van der Waals surface area contributed by atoms with Gasteiger partial charge in [-0.3, -0.25) is 4.79 Å². The smallest absolute Gasteiger partial charge is 0.326 e. The summed E-state index contributed by atoms with van der Waals surface area (Å²) < 4.78 is 13.4. The van der Waals surface area contributed by atoms with E-state index in [9.17, 15) is 18.8 Å². The average molecular weight is 348 g/mol. The van der Waals surface area contributed by atoms with Crippen molar-refractivity contribution in [3.63, 3.8) is 0 Å². The fraction of sp³-hybridized carbons (Fsp3) is 0.182. The largest absolute Gasteiger partial charge is 0.480 e. The number of nitrogens with two attached hydrogens (primary N) is 1. The fourth-order valence-corrected chi connectivity index (χ4v) is 1.66. The Hall–Kier alpha value is -2.16. The van der Waals surface area contributed by atoms with Crippen LogP contribution in [0.15, 0.2) is 22.7 Å². The Morgan fingerprint density at radius 1 is 1.40 bits per heavy atom. The number of aliphatic carboxylic acids is 1. The van der Waals surface area contributed by atoms with Gasteiger partial charge in [0, 0.05) is 4.47 Å². The number of carbonyl (C=O) groups excluding carboxylic acids is 2. The first-order chi connectivity index (χ1) is 9.29. The van der Waals surface area contributed by atoms with Gasteiger partial charge in [0.1, 0.15) is 11.9 Å². The van der Waals surface area contributed by atoms with Crippen molar-refractivity contribution in [2.24, 2.45) is 5.73 Å². The highest BCUT2D eigenvalue weighted by Gasteiger charge is 2.22. The second-order valence-electron chi connectivity index (χ2n) is 3.78. The van der Waals surface area contributed by atoms with Crippen LogP contribution in [0, 0.1) is 5.82 Å². The van der Waals surface area contributed by atoms with Crippen LogP contribution in [-0.2, 0) is 9.59 Å². The van der Waals surface area contributed by atoms with Crippen LogP contribution in [0.1, 0.15) is 6.42 Å². The van der Waals surface area contributed by atoms with Crippen LogP contribution in [-0.4, -0.2) is 29.1 Å². The molecule has 9 heteroatoms. The molecule has 0 aliphatic rings. The first kappa shape index (κ1) is 15.9. The van der Waals surface area contributed by atoms with Crippen LogP contribution < -0.4 is 16.4 Å². The summed E-state index contributed by atoms with van der Waals surface area (Å²) in [6, 6.07) is 1.25. The van der Waals surface area contributed by atoms with Gasteiger partial charge >= 0.3 is 12.0 Å². The minimum Gasteiger partial charge on any atom is -0.480 e. The number of carbonyl (C=O) groups is 3. The van der Waals surface area contributed by atoms with E-state index in [1.165, 1.54) is 12.1 Å². The van der Waals surface area contributed by atoms with E-state index >= 15 is 0 Å². The van der Waals surface area contributed by atoms with Gasteiger partial charge in [-0.2, -0.15) is 0 Å². The molecule has 3 amide bonds. The maximum atomic E-state index is 13.0. The van der Waals surface area contributed by atoms with Crippen LogP contribution in [0.3, 0.4) is 0 Å². The first-order valence-electron chi connectivity index (χ1n) is 5.33. The summed E-state index contributed by atoms with van der Waals surface area (Å²) in [6.45, 7) is 0. The van der Waals surface area contributed by atoms with Crippen molar-refractivity contribution in [2.45, 2.75) is 12.5 Å². The molecule has 0 bridgehead atoms. The van der Waals surface area contributed by atoms with Crippen LogP contribution in [0.5, 0.6) is 0 Å². The monoisotopic (exact) mass is 347 g/mol. The second kappa shape index (κ2) is 6.85. The van der Waals surface area contributed by atoms with Crippen molar-refractivity contribution in [2.75, 3.05) is 5.32 Å². The highest BCUT2D eigenvalue weighted by molar-refractivity contribution is 9.10. The van der Waals surface area contributed by atoms with Crippen LogP contribution in [0.25, 0.3) is 0 Å². The molecule has 0 aliphatic carbocycles. The first-order valence-corrected chi connectivity index (χ1v) is 6.12. The molecule has 1 aromatic rings. The Balaban J connectivity index is 2.72. The van der Waals surface area contributed by atoms with E-state index < -0.39 is 36.2 Å². The number of benzene rings is 1. The summed E-state index contributed by atoms with van der Waals surface area (Å²) in [7, 11) is 0. The summed E-state index contributed by atoms with van der Waals surface area (Å²) >= 11 is 3.09. The van der Waals surface area contributed by atoms with E-state index in [0.717, 1.165) is 6.07 Å². The number of anilines is 1. The van der Waals surface area contributed by atoms with E-state index in [0.29, 0.717) is 4.47 Å². The zero-order valence-corrected chi connectivity index (χ0v) is 11.6. The van der Waals surface area contributed by atoms with Crippen molar-refractivity contribution in [1.82, 2.24) is 5.32 Å². The van der Waals surface area contributed by atoms with Gasteiger partial charge in [-0.15, -0.1) is 0 Å². The predicted molar refractivity (Wildman–Crippen MR) is 71.5 cm³/mol. The van der Waals surface area contributed by atoms with Crippen molar-refractivity contribution in [3.8, 4) is 0 Å². The molecule has 108 valence electrons. The normalized spacial score (nSPS) is 11.5. The van der Waals surface area contributed by atoms with Gasteiger partial charge in [-0.05, 0) is 34.1 Å². The average Bonchev–Trinajstić information content (AvgIpc) is 2.32. The molecule has 0 unspecified atom stereocenters. The number of primary amides is 1. The summed E-state index contributed by atoms with van der Waals surface area (Å²) in [5.74, 6) is -2.85. The minimum absolute atomic E-state index is 0.116. The SMILES string of the molecule is NC(=O)C[C@@H](NC(=O)Nc1cc(F)ccc1Br)C(=O)O. The Bertz CT molecular complexity index is 552. The van der Waals surface area contributed by atoms with Gasteiger partial charge in [-0.25, -0.2) is 14.0 Å². The lowest BCUT2D eigenvalue weighted by Crippen LogP contribution is -2.45. The molecule has 0 saturated carbocycles. The number of rotatable bonds is 5. The van der Waals surface area contributed by atoms with E-state index in [2.05, 4.69) is 21.2 Å². The number of amides is 3. The molecule has 0 aliphatic heterocycles. The maximum absolute atomic E-state index is 13.0. The van der Waals surface area contributed by atoms with Crippen LogP contribution >= 0.6 is 15.9 Å². The Labute approximate surface area is 121 Å². The molecule has 20 heavy (non-hydrogen) atoms. The van der Waals surface area contributed by atoms with E-state index in [1.54, 1.807) is 0 Å². The molecule has 0 saturated heterocycles. The molecular weight excluding hydrogens is 337 g/mol. The standard InChI is InChI=1S/C11H11BrFN3O4/c12-6-2-1-5(13)3-7(6)15-11(20)16-8(10(18)19)4-9(14)17/h1-3,8H,4H2,(H2,14,17)(H,18,19)(H2,15,16,20)/t8-/m1/s1. The third-order valence-corrected chi connectivity index (χ3v) is 2.88. The van der Waals surface area contributed by atoms with E-state index in [-0.39, 0.29) is 5.69 Å². The van der Waals surface area contributed by atoms with Crippen molar-refractivity contribution in [1.29, 1.82) is 0 Å². The highest BCUT2D eigenvalue weighted by Crippen LogP contribution is 2.22. The van der Waals surface area contributed by atoms with Crippen molar-refractivity contribution < 1.29 is 23.9 Å². The number of halogens is 2. The molecular formula is C11H11BrFN3O4. The van der Waals surface area contributed by atoms with Gasteiger partial charge in [0.05, 0.1) is 12.1 Å². The fourth-order valence-electron chi connectivity index (χ4n) is 1.31. The van der Waals surface area contributed by atoms with Gasteiger partial charge < -0.3 is 21.5 Å². The molecule has 1 aromatic carbocycles. The molecule has 1 rings (SSSR count). The Morgan fingerprint density at radius 3 is 2.60 bits per heavy atom. The van der Waals surface area contributed by atoms with Gasteiger partial charge in [0.25, 0.3) is 0 Å².